The summed E-state index contributed by atoms with van der Waals surface area (Å²) in [7, 11) is 0. The monoisotopic (exact) mass is 403 g/mol. The fraction of sp³-hybridized carbons (Fsp3) is 0.130. The maximum atomic E-state index is 12.8. The first-order valence-electron chi connectivity index (χ1n) is 9.53. The van der Waals surface area contributed by atoms with Gasteiger partial charge in [-0.3, -0.25) is 9.59 Å². The highest BCUT2D eigenvalue weighted by Crippen LogP contribution is 2.38. The zero-order valence-corrected chi connectivity index (χ0v) is 16.3. The van der Waals surface area contributed by atoms with E-state index >= 15 is 0 Å². The second-order valence-corrected chi connectivity index (χ2v) is 7.63. The predicted molar refractivity (Wildman–Crippen MR) is 115 cm³/mol. The summed E-state index contributed by atoms with van der Waals surface area (Å²) in [5.74, 6) is -0.271. The number of carbonyl (C=O) groups excluding carboxylic acids is 2. The molecule has 2 aliphatic heterocycles. The molecule has 0 atom stereocenters. The third-order valence-corrected chi connectivity index (χ3v) is 5.57. The van der Waals surface area contributed by atoms with Crippen LogP contribution < -0.4 is 10.6 Å². The Bertz CT molecular complexity index is 1180. The van der Waals surface area contributed by atoms with Crippen LogP contribution in [-0.4, -0.2) is 23.3 Å². The number of benzene rings is 2. The maximum absolute atomic E-state index is 12.8. The van der Waals surface area contributed by atoms with Gasteiger partial charge in [0.05, 0.1) is 11.1 Å². The van der Waals surface area contributed by atoms with Gasteiger partial charge < -0.3 is 15.6 Å². The summed E-state index contributed by atoms with van der Waals surface area (Å²) in [4.78, 5) is 28.9. The smallest absolute Gasteiger partial charge is 0.256 e. The number of hydrogen-bond donors (Lipinski definition) is 3. The van der Waals surface area contributed by atoms with Crippen molar-refractivity contribution in [2.45, 2.75) is 12.8 Å². The molecule has 0 saturated carbocycles. The van der Waals surface area contributed by atoms with Crippen LogP contribution in [-0.2, 0) is 11.2 Å². The molecule has 2 aliphatic rings. The number of nitrogens with one attached hydrogen (secondary N) is 3. The van der Waals surface area contributed by atoms with Crippen molar-refractivity contribution < 1.29 is 9.59 Å². The highest BCUT2D eigenvalue weighted by molar-refractivity contribution is 6.37. The fourth-order valence-corrected chi connectivity index (χ4v) is 4.20. The minimum atomic E-state index is -0.185. The predicted octanol–water partition coefficient (Wildman–Crippen LogP) is 4.50. The summed E-state index contributed by atoms with van der Waals surface area (Å²) in [6.07, 6.45) is 3.45. The first kappa shape index (κ1) is 17.8. The Balaban J connectivity index is 1.74. The lowest BCUT2D eigenvalue weighted by Crippen LogP contribution is -2.22. The Morgan fingerprint density at radius 1 is 0.966 bits per heavy atom. The molecular formula is C23H18ClN3O2. The van der Waals surface area contributed by atoms with Crippen molar-refractivity contribution in [3.05, 3.63) is 76.1 Å². The Morgan fingerprint density at radius 3 is 2.62 bits per heavy atom. The van der Waals surface area contributed by atoms with Crippen LogP contribution in [0.2, 0.25) is 5.02 Å². The molecular weight excluding hydrogens is 386 g/mol. The highest BCUT2D eigenvalue weighted by atomic mass is 35.5. The van der Waals surface area contributed by atoms with Gasteiger partial charge in [-0.2, -0.15) is 0 Å². The van der Waals surface area contributed by atoms with Gasteiger partial charge in [-0.1, -0.05) is 41.9 Å². The van der Waals surface area contributed by atoms with Gasteiger partial charge in [0.1, 0.15) is 0 Å². The summed E-state index contributed by atoms with van der Waals surface area (Å²) < 4.78 is 0. The Morgan fingerprint density at radius 2 is 1.79 bits per heavy atom. The third kappa shape index (κ3) is 3.04. The molecule has 2 aromatic carbocycles. The second kappa shape index (κ2) is 6.94. The van der Waals surface area contributed by atoms with E-state index in [0.717, 1.165) is 46.6 Å². The lowest BCUT2D eigenvalue weighted by Gasteiger charge is -2.07. The van der Waals surface area contributed by atoms with E-state index in [1.807, 2.05) is 36.4 Å². The van der Waals surface area contributed by atoms with Gasteiger partial charge in [0.25, 0.3) is 11.8 Å². The van der Waals surface area contributed by atoms with Gasteiger partial charge in [0.15, 0.2) is 0 Å². The molecule has 0 saturated heterocycles. The molecule has 5 nitrogen and oxygen atoms in total. The zero-order chi connectivity index (χ0) is 20.0. The van der Waals surface area contributed by atoms with E-state index < -0.39 is 0 Å². The largest absolute Gasteiger partial charge is 0.358 e. The zero-order valence-electron chi connectivity index (χ0n) is 15.5. The second-order valence-electron chi connectivity index (χ2n) is 7.19. The SMILES string of the molecule is O=C1Nc2ccc(Cl)cc2/C1=C/c1[nH]c2c(c1-c1ccccc1)C(=O)NCCC2. The van der Waals surface area contributed by atoms with Crippen LogP contribution in [0.5, 0.6) is 0 Å². The number of amides is 2. The van der Waals surface area contributed by atoms with E-state index in [0.29, 0.717) is 22.7 Å². The van der Waals surface area contributed by atoms with Crippen molar-refractivity contribution in [2.75, 3.05) is 11.9 Å². The first-order chi connectivity index (χ1) is 14.1. The van der Waals surface area contributed by atoms with Crippen molar-refractivity contribution in [3.8, 4) is 11.1 Å². The molecule has 0 spiro atoms. The summed E-state index contributed by atoms with van der Waals surface area (Å²) in [5, 5.41) is 6.41. The van der Waals surface area contributed by atoms with E-state index in [4.69, 9.17) is 11.6 Å². The van der Waals surface area contributed by atoms with Gasteiger partial charge in [-0.25, -0.2) is 0 Å². The van der Waals surface area contributed by atoms with Crippen LogP contribution >= 0.6 is 11.6 Å². The number of carbonyl (C=O) groups is 2. The van der Waals surface area contributed by atoms with Crippen molar-refractivity contribution in [1.29, 1.82) is 0 Å². The number of aromatic nitrogens is 1. The Labute approximate surface area is 172 Å². The van der Waals surface area contributed by atoms with E-state index in [-0.39, 0.29) is 11.8 Å². The van der Waals surface area contributed by atoms with Crippen molar-refractivity contribution in [2.24, 2.45) is 0 Å². The molecule has 0 unspecified atom stereocenters. The number of fused-ring (bicyclic) bond motifs is 2. The van der Waals surface area contributed by atoms with Crippen molar-refractivity contribution in [1.82, 2.24) is 10.3 Å². The summed E-state index contributed by atoms with van der Waals surface area (Å²) in [6, 6.07) is 15.1. The van der Waals surface area contributed by atoms with E-state index in [1.54, 1.807) is 18.2 Å². The van der Waals surface area contributed by atoms with Gasteiger partial charge in [0.2, 0.25) is 0 Å². The molecule has 0 fully saturated rings. The van der Waals surface area contributed by atoms with Crippen LogP contribution in [0.15, 0.2) is 48.5 Å². The molecule has 144 valence electrons. The molecule has 3 aromatic rings. The van der Waals surface area contributed by atoms with E-state index in [9.17, 15) is 9.59 Å². The molecule has 0 aliphatic carbocycles. The molecule has 1 aromatic heterocycles. The van der Waals surface area contributed by atoms with Crippen LogP contribution in [0.3, 0.4) is 0 Å². The Hall–Kier alpha value is -3.31. The van der Waals surface area contributed by atoms with Crippen molar-refractivity contribution in [3.63, 3.8) is 0 Å². The quantitative estimate of drug-likeness (QED) is 0.551. The molecule has 29 heavy (non-hydrogen) atoms. The molecule has 2 amide bonds. The summed E-state index contributed by atoms with van der Waals surface area (Å²) in [5.41, 5.74) is 6.07. The van der Waals surface area contributed by atoms with E-state index in [1.165, 1.54) is 0 Å². The van der Waals surface area contributed by atoms with E-state index in [2.05, 4.69) is 15.6 Å². The maximum Gasteiger partial charge on any atom is 0.256 e. The third-order valence-electron chi connectivity index (χ3n) is 5.34. The molecule has 3 N–H and O–H groups in total. The number of aromatic amines is 1. The summed E-state index contributed by atoms with van der Waals surface area (Å²) in [6.45, 7) is 0.653. The average molecular weight is 404 g/mol. The lowest BCUT2D eigenvalue weighted by molar-refractivity contribution is -0.110. The van der Waals surface area contributed by atoms with Gasteiger partial charge in [0, 0.05) is 39.8 Å². The standard InChI is InChI=1S/C23H18ClN3O2/c24-14-8-9-17-15(11-14)16(22(28)27-17)12-19-20(13-5-2-1-3-6-13)21-18(26-19)7-4-10-25-23(21)29/h1-3,5-6,8-9,11-12,26H,4,7,10H2,(H,25,29)(H,27,28)/b16-12-. The van der Waals surface area contributed by atoms with Crippen LogP contribution in [0.4, 0.5) is 5.69 Å². The normalized spacial score (nSPS) is 16.8. The van der Waals surface area contributed by atoms with Gasteiger partial charge in [-0.15, -0.1) is 0 Å². The first-order valence-corrected chi connectivity index (χ1v) is 9.91. The van der Waals surface area contributed by atoms with Crippen molar-refractivity contribution >= 4 is 40.8 Å². The number of anilines is 1. The Kier molecular flexibility index (Phi) is 4.25. The number of H-pyrrole nitrogens is 1. The lowest BCUT2D eigenvalue weighted by atomic mass is 9.97. The summed E-state index contributed by atoms with van der Waals surface area (Å²) >= 11 is 6.16. The number of hydrogen-bond acceptors (Lipinski definition) is 2. The molecule has 3 heterocycles. The topological polar surface area (TPSA) is 74.0 Å². The highest BCUT2D eigenvalue weighted by Gasteiger charge is 2.28. The number of rotatable bonds is 2. The number of halogens is 1. The molecule has 0 bridgehead atoms. The van der Waals surface area contributed by atoms with Crippen LogP contribution in [0.1, 0.15) is 33.7 Å². The minimum absolute atomic E-state index is 0.0865. The number of aryl methyl sites for hydroxylation is 1. The minimum Gasteiger partial charge on any atom is -0.358 e. The molecule has 5 rings (SSSR count). The van der Waals surface area contributed by atoms with Gasteiger partial charge in [-0.05, 0) is 42.7 Å². The fourth-order valence-electron chi connectivity index (χ4n) is 4.03. The van der Waals surface area contributed by atoms with Crippen LogP contribution in [0.25, 0.3) is 22.8 Å². The molecule has 0 radical (unpaired) electrons. The average Bonchev–Trinajstić information content (AvgIpc) is 3.17. The van der Waals surface area contributed by atoms with Crippen LogP contribution in [0, 0.1) is 0 Å². The van der Waals surface area contributed by atoms with Gasteiger partial charge >= 0.3 is 0 Å². The molecule has 6 heteroatoms.